The summed E-state index contributed by atoms with van der Waals surface area (Å²) in [5, 5.41) is 14.2. The Kier molecular flexibility index (Phi) is 6.07. The number of nitrogens with one attached hydrogen (secondary N) is 2. The minimum Gasteiger partial charge on any atom is -0.480 e. The topological polar surface area (TPSA) is 81.7 Å². The SMILES string of the molecule is CNC(=O)C(C)N1CCCC(CNCC(=O)O)C1. The Morgan fingerprint density at radius 3 is 2.83 bits per heavy atom. The van der Waals surface area contributed by atoms with E-state index in [2.05, 4.69) is 15.5 Å². The zero-order valence-electron chi connectivity index (χ0n) is 11.1. The number of carboxylic acids is 1. The first-order valence-corrected chi connectivity index (χ1v) is 6.42. The largest absolute Gasteiger partial charge is 0.480 e. The van der Waals surface area contributed by atoms with Crippen LogP contribution in [-0.2, 0) is 9.59 Å². The molecule has 0 spiro atoms. The average Bonchev–Trinajstić information content (AvgIpc) is 2.37. The lowest BCUT2D eigenvalue weighted by molar-refractivity contribution is -0.136. The van der Waals surface area contributed by atoms with Gasteiger partial charge in [-0.15, -0.1) is 0 Å². The predicted molar refractivity (Wildman–Crippen MR) is 68.3 cm³/mol. The Labute approximate surface area is 108 Å². The van der Waals surface area contributed by atoms with Gasteiger partial charge in [0.05, 0.1) is 12.6 Å². The molecule has 1 aliphatic rings. The van der Waals surface area contributed by atoms with Gasteiger partial charge >= 0.3 is 5.97 Å². The highest BCUT2D eigenvalue weighted by Crippen LogP contribution is 2.17. The van der Waals surface area contributed by atoms with Crippen LogP contribution in [0.2, 0.25) is 0 Å². The van der Waals surface area contributed by atoms with Crippen LogP contribution in [0.5, 0.6) is 0 Å². The van der Waals surface area contributed by atoms with Crippen molar-refractivity contribution in [2.24, 2.45) is 5.92 Å². The molecular formula is C12H23N3O3. The van der Waals surface area contributed by atoms with Crippen LogP contribution in [0.1, 0.15) is 19.8 Å². The summed E-state index contributed by atoms with van der Waals surface area (Å²) in [6.45, 7) is 4.39. The van der Waals surface area contributed by atoms with E-state index in [4.69, 9.17) is 5.11 Å². The summed E-state index contributed by atoms with van der Waals surface area (Å²) in [6, 6.07) is -0.114. The Morgan fingerprint density at radius 1 is 1.50 bits per heavy atom. The van der Waals surface area contributed by atoms with Crippen molar-refractivity contribution in [3.8, 4) is 0 Å². The second kappa shape index (κ2) is 7.33. The molecule has 18 heavy (non-hydrogen) atoms. The van der Waals surface area contributed by atoms with Gasteiger partial charge in [0.15, 0.2) is 0 Å². The van der Waals surface area contributed by atoms with Gasteiger partial charge in [0.1, 0.15) is 0 Å². The van der Waals surface area contributed by atoms with Gasteiger partial charge in [-0.2, -0.15) is 0 Å². The minimum atomic E-state index is -0.832. The zero-order chi connectivity index (χ0) is 13.5. The van der Waals surface area contributed by atoms with E-state index in [1.165, 1.54) is 0 Å². The fraction of sp³-hybridized carbons (Fsp3) is 0.833. The maximum absolute atomic E-state index is 11.6. The van der Waals surface area contributed by atoms with Gasteiger partial charge in [0, 0.05) is 13.6 Å². The second-order valence-electron chi connectivity index (χ2n) is 4.82. The lowest BCUT2D eigenvalue weighted by atomic mass is 9.96. The van der Waals surface area contributed by atoms with Gasteiger partial charge in [-0.3, -0.25) is 14.5 Å². The molecule has 0 saturated carbocycles. The standard InChI is InChI=1S/C12H23N3O3/c1-9(12(18)13-2)15-5-3-4-10(8-15)6-14-7-11(16)17/h9-10,14H,3-8H2,1-2H3,(H,13,18)(H,16,17). The average molecular weight is 257 g/mol. The fourth-order valence-electron chi connectivity index (χ4n) is 2.37. The number of amides is 1. The highest BCUT2D eigenvalue weighted by Gasteiger charge is 2.26. The molecule has 6 heteroatoms. The highest BCUT2D eigenvalue weighted by molar-refractivity contribution is 5.80. The molecule has 0 aromatic carbocycles. The molecule has 3 N–H and O–H groups in total. The molecule has 1 amide bonds. The maximum Gasteiger partial charge on any atom is 0.317 e. The van der Waals surface area contributed by atoms with Gasteiger partial charge in [0.25, 0.3) is 0 Å². The number of carbonyl (C=O) groups is 2. The molecule has 1 rings (SSSR count). The Balaban J connectivity index is 2.36. The molecular weight excluding hydrogens is 234 g/mol. The van der Waals surface area contributed by atoms with Crippen molar-refractivity contribution < 1.29 is 14.7 Å². The molecule has 2 atom stereocenters. The number of hydrogen-bond acceptors (Lipinski definition) is 4. The Morgan fingerprint density at radius 2 is 2.22 bits per heavy atom. The number of aliphatic carboxylic acids is 1. The summed E-state index contributed by atoms with van der Waals surface area (Å²) in [4.78, 5) is 24.2. The van der Waals surface area contributed by atoms with Crippen LogP contribution in [-0.4, -0.2) is 61.2 Å². The molecule has 2 unspecified atom stereocenters. The lowest BCUT2D eigenvalue weighted by Crippen LogP contribution is -2.49. The van der Waals surface area contributed by atoms with Crippen molar-refractivity contribution in [3.63, 3.8) is 0 Å². The number of likely N-dealkylation sites (tertiary alicyclic amines) is 1. The van der Waals surface area contributed by atoms with E-state index in [9.17, 15) is 9.59 Å². The number of rotatable bonds is 6. The number of nitrogens with zero attached hydrogens (tertiary/aromatic N) is 1. The highest BCUT2D eigenvalue weighted by atomic mass is 16.4. The monoisotopic (exact) mass is 257 g/mol. The van der Waals surface area contributed by atoms with Crippen LogP contribution in [0.3, 0.4) is 0 Å². The van der Waals surface area contributed by atoms with Crippen LogP contribution in [0.4, 0.5) is 0 Å². The molecule has 1 fully saturated rings. The second-order valence-corrected chi connectivity index (χ2v) is 4.82. The first-order valence-electron chi connectivity index (χ1n) is 6.42. The zero-order valence-corrected chi connectivity index (χ0v) is 11.1. The third-order valence-corrected chi connectivity index (χ3v) is 3.43. The maximum atomic E-state index is 11.6. The van der Waals surface area contributed by atoms with E-state index in [1.54, 1.807) is 7.05 Å². The van der Waals surface area contributed by atoms with Gasteiger partial charge < -0.3 is 15.7 Å². The molecule has 0 aliphatic carbocycles. The van der Waals surface area contributed by atoms with E-state index < -0.39 is 5.97 Å². The Bertz CT molecular complexity index is 296. The molecule has 1 heterocycles. The summed E-state index contributed by atoms with van der Waals surface area (Å²) in [5.41, 5.74) is 0. The van der Waals surface area contributed by atoms with Gasteiger partial charge in [-0.1, -0.05) is 0 Å². The van der Waals surface area contributed by atoms with Crippen LogP contribution in [0, 0.1) is 5.92 Å². The van der Waals surface area contributed by atoms with Crippen LogP contribution >= 0.6 is 0 Å². The number of piperidine rings is 1. The fourth-order valence-corrected chi connectivity index (χ4v) is 2.37. The number of likely N-dealkylation sites (N-methyl/N-ethyl adjacent to an activating group) is 1. The smallest absolute Gasteiger partial charge is 0.317 e. The third-order valence-electron chi connectivity index (χ3n) is 3.43. The van der Waals surface area contributed by atoms with Crippen molar-refractivity contribution in [3.05, 3.63) is 0 Å². The van der Waals surface area contributed by atoms with E-state index >= 15 is 0 Å². The van der Waals surface area contributed by atoms with Gasteiger partial charge in [-0.05, 0) is 38.8 Å². The molecule has 0 bridgehead atoms. The molecule has 0 radical (unpaired) electrons. The predicted octanol–water partition coefficient (Wildman–Crippen LogP) is -0.493. The number of carbonyl (C=O) groups excluding carboxylic acids is 1. The molecule has 0 aromatic rings. The van der Waals surface area contributed by atoms with Gasteiger partial charge in [-0.25, -0.2) is 0 Å². The summed E-state index contributed by atoms with van der Waals surface area (Å²) < 4.78 is 0. The van der Waals surface area contributed by atoms with Gasteiger partial charge in [0.2, 0.25) is 5.91 Å². The number of hydrogen-bond donors (Lipinski definition) is 3. The van der Waals surface area contributed by atoms with Crippen molar-refractivity contribution in [2.75, 3.05) is 33.2 Å². The Hall–Kier alpha value is -1.14. The molecule has 104 valence electrons. The summed E-state index contributed by atoms with van der Waals surface area (Å²) in [6.07, 6.45) is 2.14. The van der Waals surface area contributed by atoms with Crippen molar-refractivity contribution >= 4 is 11.9 Å². The lowest BCUT2D eigenvalue weighted by Gasteiger charge is -2.36. The van der Waals surface area contributed by atoms with E-state index in [1.807, 2.05) is 6.92 Å². The molecule has 6 nitrogen and oxygen atoms in total. The van der Waals surface area contributed by atoms with E-state index in [0.29, 0.717) is 12.5 Å². The molecule has 1 aliphatic heterocycles. The molecule has 1 saturated heterocycles. The normalized spacial score (nSPS) is 22.4. The van der Waals surface area contributed by atoms with Crippen molar-refractivity contribution in [1.29, 1.82) is 0 Å². The third kappa shape index (κ3) is 4.62. The summed E-state index contributed by atoms with van der Waals surface area (Å²) in [7, 11) is 1.65. The summed E-state index contributed by atoms with van der Waals surface area (Å²) in [5.74, 6) is -0.374. The number of carboxylic acid groups (broad SMARTS) is 1. The molecule has 0 aromatic heterocycles. The van der Waals surface area contributed by atoms with Crippen LogP contribution in [0.25, 0.3) is 0 Å². The van der Waals surface area contributed by atoms with Crippen molar-refractivity contribution in [2.45, 2.75) is 25.8 Å². The minimum absolute atomic E-state index is 0.00149. The first kappa shape index (κ1) is 14.9. The van der Waals surface area contributed by atoms with Crippen LogP contribution < -0.4 is 10.6 Å². The van der Waals surface area contributed by atoms with Crippen molar-refractivity contribution in [1.82, 2.24) is 15.5 Å². The summed E-state index contributed by atoms with van der Waals surface area (Å²) >= 11 is 0. The quantitative estimate of drug-likeness (QED) is 0.598. The van der Waals surface area contributed by atoms with E-state index in [-0.39, 0.29) is 18.5 Å². The first-order chi connectivity index (χ1) is 8.54. The van der Waals surface area contributed by atoms with Crippen LogP contribution in [0.15, 0.2) is 0 Å². The van der Waals surface area contributed by atoms with E-state index in [0.717, 1.165) is 25.9 Å².